The van der Waals surface area contributed by atoms with Crippen molar-refractivity contribution in [3.8, 4) is 5.75 Å². The Hall–Kier alpha value is -3.60. The molecule has 0 radical (unpaired) electrons. The first-order valence-electron chi connectivity index (χ1n) is 8.10. The summed E-state index contributed by atoms with van der Waals surface area (Å²) in [5.41, 5.74) is 5.49. The molecule has 0 atom stereocenters. The summed E-state index contributed by atoms with van der Waals surface area (Å²) in [5, 5.41) is 13.6. The average Bonchev–Trinajstić information content (AvgIpc) is 2.68. The lowest BCUT2D eigenvalue weighted by Gasteiger charge is -2.10. The number of nitrogens with one attached hydrogen (secondary N) is 1. The highest BCUT2D eigenvalue weighted by Gasteiger charge is 2.12. The summed E-state index contributed by atoms with van der Waals surface area (Å²) in [6.07, 6.45) is 1.57. The number of ether oxygens (including phenoxy) is 1. The van der Waals surface area contributed by atoms with Crippen molar-refractivity contribution in [1.29, 1.82) is 0 Å². The summed E-state index contributed by atoms with van der Waals surface area (Å²) in [6, 6.07) is 24.1. The standard InChI is InChI=1S/C21H18N2O3/c24-21(25)19-13-17(14-22-23-18-9-5-2-6-10-18)11-12-20(19)26-15-16-7-3-1-4-8-16/h1-14,23H,15H2,(H,24,25). The first-order valence-corrected chi connectivity index (χ1v) is 8.10. The summed E-state index contributed by atoms with van der Waals surface area (Å²) < 4.78 is 5.67. The molecule has 3 aromatic rings. The lowest BCUT2D eigenvalue weighted by atomic mass is 10.1. The molecule has 0 aromatic heterocycles. The van der Waals surface area contributed by atoms with E-state index in [4.69, 9.17) is 4.74 Å². The number of carboxylic acids is 1. The van der Waals surface area contributed by atoms with Crippen molar-refractivity contribution in [3.63, 3.8) is 0 Å². The number of hydrogen-bond acceptors (Lipinski definition) is 4. The van der Waals surface area contributed by atoms with Crippen molar-refractivity contribution in [3.05, 3.63) is 95.6 Å². The predicted octanol–water partition coefficient (Wildman–Crippen LogP) is 4.41. The molecule has 0 bridgehead atoms. The fourth-order valence-corrected chi connectivity index (χ4v) is 2.35. The molecule has 0 aliphatic carbocycles. The van der Waals surface area contributed by atoms with Crippen LogP contribution < -0.4 is 10.2 Å². The van der Waals surface area contributed by atoms with Crippen LogP contribution in [0.5, 0.6) is 5.75 Å². The smallest absolute Gasteiger partial charge is 0.339 e. The van der Waals surface area contributed by atoms with Crippen LogP contribution in [0.15, 0.2) is 84.0 Å². The zero-order chi connectivity index (χ0) is 18.2. The van der Waals surface area contributed by atoms with Gasteiger partial charge in [0.1, 0.15) is 17.9 Å². The molecule has 130 valence electrons. The zero-order valence-corrected chi connectivity index (χ0v) is 14.0. The van der Waals surface area contributed by atoms with Crippen LogP contribution in [0.3, 0.4) is 0 Å². The Labute approximate surface area is 151 Å². The minimum Gasteiger partial charge on any atom is -0.488 e. The van der Waals surface area contributed by atoms with Gasteiger partial charge in [-0.25, -0.2) is 4.79 Å². The highest BCUT2D eigenvalue weighted by Crippen LogP contribution is 2.21. The molecule has 3 aromatic carbocycles. The number of carboxylic acid groups (broad SMARTS) is 1. The van der Waals surface area contributed by atoms with Gasteiger partial charge >= 0.3 is 5.97 Å². The molecule has 0 fully saturated rings. The van der Waals surface area contributed by atoms with E-state index in [1.807, 2.05) is 60.7 Å². The van der Waals surface area contributed by atoms with Gasteiger partial charge in [0, 0.05) is 0 Å². The van der Waals surface area contributed by atoms with E-state index < -0.39 is 5.97 Å². The Balaban J connectivity index is 1.71. The SMILES string of the molecule is O=C(O)c1cc(C=NNc2ccccc2)ccc1OCc1ccccc1. The largest absolute Gasteiger partial charge is 0.488 e. The van der Waals surface area contributed by atoms with E-state index in [9.17, 15) is 9.90 Å². The number of hydrogen-bond donors (Lipinski definition) is 2. The third kappa shape index (κ3) is 4.70. The molecule has 0 aliphatic heterocycles. The quantitative estimate of drug-likeness (QED) is 0.491. The predicted molar refractivity (Wildman–Crippen MR) is 102 cm³/mol. The molecule has 2 N–H and O–H groups in total. The second kappa shape index (κ2) is 8.48. The van der Waals surface area contributed by atoms with E-state index in [1.54, 1.807) is 24.4 Å². The maximum Gasteiger partial charge on any atom is 0.339 e. The van der Waals surface area contributed by atoms with Crippen LogP contribution in [-0.2, 0) is 6.61 Å². The Morgan fingerprint density at radius 3 is 2.38 bits per heavy atom. The van der Waals surface area contributed by atoms with Crippen molar-refractivity contribution < 1.29 is 14.6 Å². The topological polar surface area (TPSA) is 70.9 Å². The van der Waals surface area contributed by atoms with Crippen LogP contribution in [0.1, 0.15) is 21.5 Å². The van der Waals surface area contributed by atoms with Gasteiger partial charge < -0.3 is 9.84 Å². The van der Waals surface area contributed by atoms with Gasteiger partial charge in [0.2, 0.25) is 0 Å². The van der Waals surface area contributed by atoms with E-state index in [1.165, 1.54) is 0 Å². The number of carbonyl (C=O) groups is 1. The van der Waals surface area contributed by atoms with Gasteiger partial charge in [0.05, 0.1) is 11.9 Å². The maximum absolute atomic E-state index is 11.5. The van der Waals surface area contributed by atoms with Gasteiger partial charge in [-0.2, -0.15) is 5.10 Å². The first kappa shape index (κ1) is 17.2. The number of rotatable bonds is 7. The average molecular weight is 346 g/mol. The fourth-order valence-electron chi connectivity index (χ4n) is 2.35. The second-order valence-corrected chi connectivity index (χ2v) is 5.57. The molecule has 3 rings (SSSR count). The third-order valence-electron chi connectivity index (χ3n) is 3.65. The van der Waals surface area contributed by atoms with Crippen molar-refractivity contribution in [2.24, 2.45) is 5.10 Å². The van der Waals surface area contributed by atoms with E-state index in [-0.39, 0.29) is 5.56 Å². The highest BCUT2D eigenvalue weighted by molar-refractivity contribution is 5.94. The van der Waals surface area contributed by atoms with E-state index in [2.05, 4.69) is 10.5 Å². The summed E-state index contributed by atoms with van der Waals surface area (Å²) >= 11 is 0. The molecule has 0 saturated carbocycles. The van der Waals surface area contributed by atoms with Crippen molar-refractivity contribution in [2.45, 2.75) is 6.61 Å². The summed E-state index contributed by atoms with van der Waals surface area (Å²) in [6.45, 7) is 0.310. The van der Waals surface area contributed by atoms with Gasteiger partial charge in [0.25, 0.3) is 0 Å². The number of para-hydroxylation sites is 1. The lowest BCUT2D eigenvalue weighted by molar-refractivity contribution is 0.0691. The Kier molecular flexibility index (Phi) is 5.62. The maximum atomic E-state index is 11.5. The van der Waals surface area contributed by atoms with Crippen LogP contribution in [0.25, 0.3) is 0 Å². The number of aromatic carboxylic acids is 1. The van der Waals surface area contributed by atoms with Gasteiger partial charge in [-0.1, -0.05) is 48.5 Å². The second-order valence-electron chi connectivity index (χ2n) is 5.57. The fraction of sp³-hybridized carbons (Fsp3) is 0.0476. The molecule has 0 spiro atoms. The summed E-state index contributed by atoms with van der Waals surface area (Å²) in [4.78, 5) is 11.5. The van der Waals surface area contributed by atoms with Crippen LogP contribution in [0, 0.1) is 0 Å². The lowest BCUT2D eigenvalue weighted by Crippen LogP contribution is -2.04. The molecule has 0 amide bonds. The van der Waals surface area contributed by atoms with E-state index in [0.717, 1.165) is 11.3 Å². The minimum atomic E-state index is -1.04. The van der Waals surface area contributed by atoms with Gasteiger partial charge in [-0.15, -0.1) is 0 Å². The summed E-state index contributed by atoms with van der Waals surface area (Å²) in [7, 11) is 0. The Morgan fingerprint density at radius 1 is 1.00 bits per heavy atom. The van der Waals surface area contributed by atoms with Gasteiger partial charge in [0.15, 0.2) is 0 Å². The van der Waals surface area contributed by atoms with Crippen LogP contribution >= 0.6 is 0 Å². The Morgan fingerprint density at radius 2 is 1.69 bits per heavy atom. The normalized spacial score (nSPS) is 10.6. The minimum absolute atomic E-state index is 0.101. The molecular weight excluding hydrogens is 328 g/mol. The number of anilines is 1. The van der Waals surface area contributed by atoms with E-state index >= 15 is 0 Å². The van der Waals surface area contributed by atoms with Crippen LogP contribution in [0.4, 0.5) is 5.69 Å². The molecule has 0 aliphatic rings. The zero-order valence-electron chi connectivity index (χ0n) is 14.0. The van der Waals surface area contributed by atoms with Crippen molar-refractivity contribution >= 4 is 17.9 Å². The van der Waals surface area contributed by atoms with Gasteiger partial charge in [-0.05, 0) is 41.5 Å². The molecule has 0 heterocycles. The molecule has 5 heteroatoms. The number of hydrazone groups is 1. The van der Waals surface area contributed by atoms with Crippen LogP contribution in [-0.4, -0.2) is 17.3 Å². The highest BCUT2D eigenvalue weighted by atomic mass is 16.5. The molecule has 0 saturated heterocycles. The number of benzene rings is 3. The Bertz CT molecular complexity index is 894. The number of nitrogens with zero attached hydrogens (tertiary/aromatic N) is 1. The van der Waals surface area contributed by atoms with Gasteiger partial charge in [-0.3, -0.25) is 5.43 Å². The monoisotopic (exact) mass is 346 g/mol. The van der Waals surface area contributed by atoms with Crippen molar-refractivity contribution in [2.75, 3.05) is 5.43 Å². The third-order valence-corrected chi connectivity index (χ3v) is 3.65. The molecular formula is C21H18N2O3. The first-order chi connectivity index (χ1) is 12.7. The molecule has 0 unspecified atom stereocenters. The summed E-state index contributed by atoms with van der Waals surface area (Å²) in [5.74, 6) is -0.714. The molecule has 5 nitrogen and oxygen atoms in total. The van der Waals surface area contributed by atoms with E-state index in [0.29, 0.717) is 17.9 Å². The van der Waals surface area contributed by atoms with Crippen molar-refractivity contribution in [1.82, 2.24) is 0 Å². The molecule has 26 heavy (non-hydrogen) atoms. The van der Waals surface area contributed by atoms with Crippen LogP contribution in [0.2, 0.25) is 0 Å².